The smallest absolute Gasteiger partial charge is 0.182 e. The van der Waals surface area contributed by atoms with E-state index < -0.39 is 0 Å². The molecule has 2 heterocycles. The van der Waals surface area contributed by atoms with Crippen LogP contribution in [0.15, 0.2) is 22.0 Å². The second-order valence-electron chi connectivity index (χ2n) is 2.67. The molecule has 1 aliphatic rings. The number of hydrogen-bond acceptors (Lipinski definition) is 2. The molecule has 0 fully saturated rings. The molecule has 0 spiro atoms. The van der Waals surface area contributed by atoms with E-state index in [-0.39, 0.29) is 5.43 Å². The Kier molecular flexibility index (Phi) is 1.53. The third-order valence-electron chi connectivity index (χ3n) is 1.87. The summed E-state index contributed by atoms with van der Waals surface area (Å²) in [5.41, 5.74) is 1.21. The van der Waals surface area contributed by atoms with E-state index in [1.807, 2.05) is 6.92 Å². The molecule has 11 heavy (non-hydrogen) atoms. The molecular weight excluding hydrogens is 158 g/mol. The third-order valence-corrected chi connectivity index (χ3v) is 2.89. The molecule has 0 aliphatic carbocycles. The Labute approximate surface area is 69.2 Å². The standard InChI is InChI=1S/C8H9NOS/c1-6-4-7(10)5-8-9(6)2-3-11-8/h4-5H,2-3H2,1H3. The van der Waals surface area contributed by atoms with Crippen molar-refractivity contribution < 1.29 is 0 Å². The third kappa shape index (κ3) is 1.09. The van der Waals surface area contributed by atoms with Gasteiger partial charge in [0.05, 0.1) is 5.03 Å². The van der Waals surface area contributed by atoms with Crippen LogP contribution in [0.5, 0.6) is 0 Å². The molecule has 0 amide bonds. The average molecular weight is 167 g/mol. The minimum absolute atomic E-state index is 0.128. The SMILES string of the molecule is Cc1cc(=O)cc2n1CCS2. The zero-order chi connectivity index (χ0) is 7.84. The van der Waals surface area contributed by atoms with Crippen LogP contribution in [0.25, 0.3) is 0 Å². The van der Waals surface area contributed by atoms with Crippen LogP contribution in [0.1, 0.15) is 5.69 Å². The van der Waals surface area contributed by atoms with Gasteiger partial charge in [0.25, 0.3) is 0 Å². The number of rotatable bonds is 0. The van der Waals surface area contributed by atoms with Crippen LogP contribution >= 0.6 is 11.8 Å². The molecule has 0 radical (unpaired) electrons. The lowest BCUT2D eigenvalue weighted by atomic mass is 10.3. The van der Waals surface area contributed by atoms with Crippen molar-refractivity contribution in [3.63, 3.8) is 0 Å². The summed E-state index contributed by atoms with van der Waals surface area (Å²) in [5.74, 6) is 1.10. The second-order valence-corrected chi connectivity index (χ2v) is 3.79. The molecule has 0 aromatic carbocycles. The Morgan fingerprint density at radius 2 is 2.36 bits per heavy atom. The highest BCUT2D eigenvalue weighted by Crippen LogP contribution is 2.24. The Balaban J connectivity index is 2.70. The van der Waals surface area contributed by atoms with Gasteiger partial charge in [-0.2, -0.15) is 0 Å². The largest absolute Gasteiger partial charge is 0.339 e. The monoisotopic (exact) mass is 167 g/mol. The van der Waals surface area contributed by atoms with Gasteiger partial charge in [-0.1, -0.05) is 0 Å². The minimum atomic E-state index is 0.128. The van der Waals surface area contributed by atoms with E-state index in [0.717, 1.165) is 23.0 Å². The van der Waals surface area contributed by atoms with Crippen molar-refractivity contribution in [3.05, 3.63) is 28.0 Å². The number of pyridine rings is 1. The van der Waals surface area contributed by atoms with Crippen LogP contribution in [0, 0.1) is 6.92 Å². The van der Waals surface area contributed by atoms with Crippen molar-refractivity contribution in [2.45, 2.75) is 18.5 Å². The van der Waals surface area contributed by atoms with E-state index in [4.69, 9.17) is 0 Å². The lowest BCUT2D eigenvalue weighted by Crippen LogP contribution is -2.07. The topological polar surface area (TPSA) is 22.0 Å². The van der Waals surface area contributed by atoms with Gasteiger partial charge in [0, 0.05) is 30.1 Å². The molecular formula is C8H9NOS. The molecule has 0 atom stereocenters. The van der Waals surface area contributed by atoms with E-state index in [0.29, 0.717) is 0 Å². The van der Waals surface area contributed by atoms with Crippen LogP contribution < -0.4 is 5.43 Å². The first-order valence-electron chi connectivity index (χ1n) is 3.62. The highest BCUT2D eigenvalue weighted by Gasteiger charge is 2.11. The van der Waals surface area contributed by atoms with Crippen LogP contribution in [0.2, 0.25) is 0 Å². The van der Waals surface area contributed by atoms with Gasteiger partial charge in [-0.15, -0.1) is 11.8 Å². The van der Waals surface area contributed by atoms with E-state index in [1.165, 1.54) is 0 Å². The van der Waals surface area contributed by atoms with Gasteiger partial charge in [0.1, 0.15) is 0 Å². The molecule has 2 rings (SSSR count). The summed E-state index contributed by atoms with van der Waals surface area (Å²) in [4.78, 5) is 11.0. The Bertz CT molecular complexity index is 342. The molecule has 3 heteroatoms. The molecule has 1 aromatic heterocycles. The molecule has 1 aliphatic heterocycles. The molecule has 58 valence electrons. The molecule has 0 saturated carbocycles. The number of fused-ring (bicyclic) bond motifs is 1. The number of thioether (sulfide) groups is 1. The van der Waals surface area contributed by atoms with Crippen LogP contribution in [0.3, 0.4) is 0 Å². The lowest BCUT2D eigenvalue weighted by Gasteiger charge is -2.04. The highest BCUT2D eigenvalue weighted by molar-refractivity contribution is 7.99. The van der Waals surface area contributed by atoms with Crippen molar-refractivity contribution in [2.24, 2.45) is 0 Å². The van der Waals surface area contributed by atoms with E-state index >= 15 is 0 Å². The summed E-state index contributed by atoms with van der Waals surface area (Å²) in [6.07, 6.45) is 0. The number of aromatic nitrogens is 1. The first-order chi connectivity index (χ1) is 5.27. The van der Waals surface area contributed by atoms with Crippen molar-refractivity contribution in [3.8, 4) is 0 Å². The first kappa shape index (κ1) is 6.98. The van der Waals surface area contributed by atoms with Crippen molar-refractivity contribution >= 4 is 11.8 Å². The predicted octanol–water partition coefficient (Wildman–Crippen LogP) is 1.26. The average Bonchev–Trinajstić information content (AvgIpc) is 2.34. The predicted molar refractivity (Wildman–Crippen MR) is 46.2 cm³/mol. The maximum atomic E-state index is 11.0. The normalized spacial score (nSPS) is 15.0. The fraction of sp³-hybridized carbons (Fsp3) is 0.375. The molecule has 0 N–H and O–H groups in total. The van der Waals surface area contributed by atoms with E-state index in [2.05, 4.69) is 4.57 Å². The van der Waals surface area contributed by atoms with Crippen molar-refractivity contribution in [2.75, 3.05) is 5.75 Å². The summed E-state index contributed by atoms with van der Waals surface area (Å²) in [5, 5.41) is 1.12. The minimum Gasteiger partial charge on any atom is -0.339 e. The number of hydrogen-bond donors (Lipinski definition) is 0. The highest BCUT2D eigenvalue weighted by atomic mass is 32.2. The van der Waals surface area contributed by atoms with Gasteiger partial charge in [0.15, 0.2) is 5.43 Å². The van der Waals surface area contributed by atoms with Gasteiger partial charge in [-0.3, -0.25) is 4.79 Å². The molecule has 2 nitrogen and oxygen atoms in total. The van der Waals surface area contributed by atoms with Crippen LogP contribution in [-0.2, 0) is 6.54 Å². The van der Waals surface area contributed by atoms with E-state index in [9.17, 15) is 4.79 Å². The fourth-order valence-electron chi connectivity index (χ4n) is 1.35. The Morgan fingerprint density at radius 1 is 1.55 bits per heavy atom. The maximum Gasteiger partial charge on any atom is 0.182 e. The summed E-state index contributed by atoms with van der Waals surface area (Å²) in [7, 11) is 0. The zero-order valence-corrected chi connectivity index (χ0v) is 7.15. The Morgan fingerprint density at radius 3 is 3.18 bits per heavy atom. The van der Waals surface area contributed by atoms with Gasteiger partial charge in [0.2, 0.25) is 0 Å². The zero-order valence-electron chi connectivity index (χ0n) is 6.33. The fourth-order valence-corrected chi connectivity index (χ4v) is 2.42. The number of aryl methyl sites for hydroxylation is 1. The van der Waals surface area contributed by atoms with Crippen molar-refractivity contribution in [1.29, 1.82) is 0 Å². The lowest BCUT2D eigenvalue weighted by molar-refractivity contribution is 0.692. The van der Waals surface area contributed by atoms with Gasteiger partial charge < -0.3 is 4.57 Å². The summed E-state index contributed by atoms with van der Waals surface area (Å²) >= 11 is 1.76. The van der Waals surface area contributed by atoms with Crippen LogP contribution in [-0.4, -0.2) is 10.3 Å². The summed E-state index contributed by atoms with van der Waals surface area (Å²) in [6.45, 7) is 3.03. The van der Waals surface area contributed by atoms with Crippen LogP contribution in [0.4, 0.5) is 0 Å². The molecule has 0 unspecified atom stereocenters. The second kappa shape index (κ2) is 2.41. The molecule has 1 aromatic rings. The van der Waals surface area contributed by atoms with Crippen molar-refractivity contribution in [1.82, 2.24) is 4.57 Å². The molecule has 0 saturated heterocycles. The van der Waals surface area contributed by atoms with Gasteiger partial charge in [-0.25, -0.2) is 0 Å². The molecule has 0 bridgehead atoms. The first-order valence-corrected chi connectivity index (χ1v) is 4.60. The quantitative estimate of drug-likeness (QED) is 0.580. The van der Waals surface area contributed by atoms with Gasteiger partial charge >= 0.3 is 0 Å². The maximum absolute atomic E-state index is 11.0. The summed E-state index contributed by atoms with van der Waals surface area (Å²) in [6, 6.07) is 3.40. The van der Waals surface area contributed by atoms with E-state index in [1.54, 1.807) is 23.9 Å². The Hall–Kier alpha value is -0.700. The van der Waals surface area contributed by atoms with Gasteiger partial charge in [-0.05, 0) is 6.92 Å². The summed E-state index contributed by atoms with van der Waals surface area (Å²) < 4.78 is 2.19. The number of nitrogens with zero attached hydrogens (tertiary/aromatic N) is 1.